The lowest BCUT2D eigenvalue weighted by molar-refractivity contribution is -0.120. The monoisotopic (exact) mass is 452 g/mol. The zero-order valence-corrected chi connectivity index (χ0v) is 18.8. The molecule has 0 atom stereocenters. The number of benzene rings is 4. The minimum absolute atomic E-state index is 0.250. The first-order valence-corrected chi connectivity index (χ1v) is 11.2. The first kappa shape index (κ1) is 21.0. The van der Waals surface area contributed by atoms with E-state index < -0.39 is 0 Å². The van der Waals surface area contributed by atoms with Gasteiger partial charge in [-0.2, -0.15) is 0 Å². The standard InChI is InChI=1S/C28H21ClN2O2/c1-2-18-10-16-22(17-11-18)30-26-25(20-12-14-21(29)15-13-20)27(32)31(28(26)33)24-9-5-7-19-6-3-4-8-23(19)24/h3-17,30H,2H2,1H3. The third-order valence-electron chi connectivity index (χ3n) is 5.86. The molecule has 4 aromatic rings. The number of anilines is 2. The van der Waals surface area contributed by atoms with Crippen LogP contribution in [0.15, 0.2) is 96.7 Å². The molecule has 1 aliphatic heterocycles. The summed E-state index contributed by atoms with van der Waals surface area (Å²) < 4.78 is 0. The average Bonchev–Trinajstić information content (AvgIpc) is 3.09. The first-order chi connectivity index (χ1) is 16.1. The van der Waals surface area contributed by atoms with E-state index in [-0.39, 0.29) is 17.5 Å². The van der Waals surface area contributed by atoms with E-state index in [1.165, 1.54) is 10.5 Å². The number of rotatable bonds is 5. The van der Waals surface area contributed by atoms with Crippen molar-refractivity contribution < 1.29 is 9.59 Å². The normalized spacial score (nSPS) is 13.8. The van der Waals surface area contributed by atoms with Gasteiger partial charge in [-0.3, -0.25) is 9.59 Å². The van der Waals surface area contributed by atoms with E-state index in [0.717, 1.165) is 22.9 Å². The predicted molar refractivity (Wildman–Crippen MR) is 134 cm³/mol. The summed E-state index contributed by atoms with van der Waals surface area (Å²) >= 11 is 6.07. The van der Waals surface area contributed by atoms with Crippen LogP contribution in [0.2, 0.25) is 5.02 Å². The summed E-state index contributed by atoms with van der Waals surface area (Å²) in [5.41, 5.74) is 3.71. The molecule has 4 aromatic carbocycles. The molecule has 1 heterocycles. The number of hydrogen-bond acceptors (Lipinski definition) is 3. The number of carbonyl (C=O) groups excluding carboxylic acids is 2. The minimum atomic E-state index is -0.388. The average molecular weight is 453 g/mol. The van der Waals surface area contributed by atoms with Gasteiger partial charge in [0.1, 0.15) is 5.70 Å². The molecule has 0 bridgehead atoms. The summed E-state index contributed by atoms with van der Waals surface area (Å²) in [5, 5.41) is 5.58. The molecule has 0 radical (unpaired) electrons. The second kappa shape index (κ2) is 8.57. The number of nitrogens with zero attached hydrogens (tertiary/aromatic N) is 1. The Morgan fingerprint density at radius 2 is 1.48 bits per heavy atom. The van der Waals surface area contributed by atoms with Crippen LogP contribution in [0.4, 0.5) is 11.4 Å². The van der Waals surface area contributed by atoms with Crippen molar-refractivity contribution in [2.75, 3.05) is 10.2 Å². The Balaban J connectivity index is 1.63. The second-order valence-corrected chi connectivity index (χ2v) is 8.31. The number of halogens is 1. The van der Waals surface area contributed by atoms with Crippen LogP contribution in [0.1, 0.15) is 18.1 Å². The Labute approximate surface area is 197 Å². The van der Waals surface area contributed by atoms with Gasteiger partial charge in [-0.05, 0) is 53.3 Å². The van der Waals surface area contributed by atoms with E-state index in [2.05, 4.69) is 12.2 Å². The quantitative estimate of drug-likeness (QED) is 0.354. The Kier molecular flexibility index (Phi) is 5.45. The highest BCUT2D eigenvalue weighted by atomic mass is 35.5. The van der Waals surface area contributed by atoms with E-state index >= 15 is 0 Å². The number of hydrogen-bond donors (Lipinski definition) is 1. The molecule has 1 N–H and O–H groups in total. The van der Waals surface area contributed by atoms with Crippen LogP contribution in [0, 0.1) is 0 Å². The summed E-state index contributed by atoms with van der Waals surface area (Å²) in [4.78, 5) is 28.7. The van der Waals surface area contributed by atoms with Gasteiger partial charge in [0.05, 0.1) is 11.3 Å². The Morgan fingerprint density at radius 1 is 0.788 bits per heavy atom. The Bertz CT molecular complexity index is 1400. The smallest absolute Gasteiger partial charge is 0.282 e. The molecule has 4 nitrogen and oxygen atoms in total. The fourth-order valence-electron chi connectivity index (χ4n) is 4.12. The van der Waals surface area contributed by atoms with Crippen molar-refractivity contribution in [2.45, 2.75) is 13.3 Å². The molecule has 0 aromatic heterocycles. The summed E-state index contributed by atoms with van der Waals surface area (Å²) in [6.45, 7) is 2.09. The highest BCUT2D eigenvalue weighted by molar-refractivity contribution is 6.47. The molecule has 5 rings (SSSR count). The third-order valence-corrected chi connectivity index (χ3v) is 6.11. The predicted octanol–water partition coefficient (Wildman–Crippen LogP) is 6.45. The van der Waals surface area contributed by atoms with Crippen LogP contribution in [-0.4, -0.2) is 11.8 Å². The van der Waals surface area contributed by atoms with Crippen LogP contribution in [-0.2, 0) is 16.0 Å². The molecule has 162 valence electrons. The Hall–Kier alpha value is -3.89. The molecule has 0 saturated heterocycles. The zero-order chi connectivity index (χ0) is 22.9. The van der Waals surface area contributed by atoms with Crippen LogP contribution in [0.25, 0.3) is 16.3 Å². The van der Waals surface area contributed by atoms with E-state index in [1.54, 1.807) is 30.3 Å². The second-order valence-electron chi connectivity index (χ2n) is 7.88. The van der Waals surface area contributed by atoms with Crippen molar-refractivity contribution in [1.29, 1.82) is 0 Å². The Morgan fingerprint density at radius 3 is 2.21 bits per heavy atom. The van der Waals surface area contributed by atoms with E-state index in [0.29, 0.717) is 21.8 Å². The van der Waals surface area contributed by atoms with Gasteiger partial charge in [0.15, 0.2) is 0 Å². The minimum Gasteiger partial charge on any atom is -0.350 e. The van der Waals surface area contributed by atoms with Gasteiger partial charge in [-0.15, -0.1) is 0 Å². The lowest BCUT2D eigenvalue weighted by Gasteiger charge is -2.18. The third kappa shape index (κ3) is 3.79. The number of fused-ring (bicyclic) bond motifs is 1. The van der Waals surface area contributed by atoms with Crippen molar-refractivity contribution in [3.8, 4) is 0 Å². The maximum Gasteiger partial charge on any atom is 0.282 e. The van der Waals surface area contributed by atoms with Crippen molar-refractivity contribution in [3.05, 3.63) is 113 Å². The van der Waals surface area contributed by atoms with Crippen LogP contribution in [0.5, 0.6) is 0 Å². The van der Waals surface area contributed by atoms with E-state index in [9.17, 15) is 9.59 Å². The molecule has 0 unspecified atom stereocenters. The fourth-order valence-corrected chi connectivity index (χ4v) is 4.25. The summed E-state index contributed by atoms with van der Waals surface area (Å²) in [5.74, 6) is -0.757. The molecule has 1 aliphatic rings. The van der Waals surface area contributed by atoms with Crippen molar-refractivity contribution in [3.63, 3.8) is 0 Å². The zero-order valence-electron chi connectivity index (χ0n) is 18.0. The van der Waals surface area contributed by atoms with Gasteiger partial charge in [-0.25, -0.2) is 4.90 Å². The van der Waals surface area contributed by atoms with Gasteiger partial charge in [0, 0.05) is 16.1 Å². The molecular weight excluding hydrogens is 432 g/mol. The highest BCUT2D eigenvalue weighted by Crippen LogP contribution is 2.37. The van der Waals surface area contributed by atoms with Gasteiger partial charge < -0.3 is 5.32 Å². The van der Waals surface area contributed by atoms with E-state index in [1.807, 2.05) is 60.7 Å². The first-order valence-electron chi connectivity index (χ1n) is 10.8. The number of aryl methyl sites for hydroxylation is 1. The van der Waals surface area contributed by atoms with Crippen LogP contribution < -0.4 is 10.2 Å². The maximum atomic E-state index is 13.7. The largest absolute Gasteiger partial charge is 0.350 e. The lowest BCUT2D eigenvalue weighted by Crippen LogP contribution is -2.32. The summed E-state index contributed by atoms with van der Waals surface area (Å²) in [7, 11) is 0. The molecule has 0 saturated carbocycles. The molecule has 2 amide bonds. The highest BCUT2D eigenvalue weighted by Gasteiger charge is 2.40. The van der Waals surface area contributed by atoms with E-state index in [4.69, 9.17) is 11.6 Å². The SMILES string of the molecule is CCc1ccc(NC2=C(c3ccc(Cl)cc3)C(=O)N(c3cccc4ccccc34)C2=O)cc1. The summed E-state index contributed by atoms with van der Waals surface area (Å²) in [6.07, 6.45) is 0.922. The molecule has 0 aliphatic carbocycles. The van der Waals surface area contributed by atoms with Crippen LogP contribution in [0.3, 0.4) is 0 Å². The topological polar surface area (TPSA) is 49.4 Å². The van der Waals surface area contributed by atoms with Gasteiger partial charge in [0.2, 0.25) is 0 Å². The molecular formula is C28H21ClN2O2. The van der Waals surface area contributed by atoms with Crippen molar-refractivity contribution in [2.24, 2.45) is 0 Å². The maximum absolute atomic E-state index is 13.7. The van der Waals surface area contributed by atoms with Gasteiger partial charge in [-0.1, -0.05) is 79.2 Å². The van der Waals surface area contributed by atoms with Crippen molar-refractivity contribution >= 4 is 51.1 Å². The van der Waals surface area contributed by atoms with Gasteiger partial charge in [0.25, 0.3) is 11.8 Å². The van der Waals surface area contributed by atoms with Crippen LogP contribution >= 0.6 is 11.6 Å². The number of nitrogens with one attached hydrogen (secondary N) is 1. The summed E-state index contributed by atoms with van der Waals surface area (Å²) in [6, 6.07) is 28.2. The van der Waals surface area contributed by atoms with Crippen molar-refractivity contribution in [1.82, 2.24) is 0 Å². The number of carbonyl (C=O) groups is 2. The molecule has 0 spiro atoms. The number of amides is 2. The molecule has 0 fully saturated rings. The number of imide groups is 1. The lowest BCUT2D eigenvalue weighted by atomic mass is 10.0. The molecule has 5 heteroatoms. The van der Waals surface area contributed by atoms with Gasteiger partial charge >= 0.3 is 0 Å². The fraction of sp³-hybridized carbons (Fsp3) is 0.0714. The molecule has 33 heavy (non-hydrogen) atoms.